The Hall–Kier alpha value is 0.0900. The van der Waals surface area contributed by atoms with E-state index in [2.05, 4.69) is 15.9 Å². The van der Waals surface area contributed by atoms with Crippen molar-refractivity contribution >= 4 is 37.3 Å². The number of rotatable bonds is 2. The Kier molecular flexibility index (Phi) is 2.66. The van der Waals surface area contributed by atoms with E-state index in [0.717, 1.165) is 23.2 Å². The summed E-state index contributed by atoms with van der Waals surface area (Å²) < 4.78 is 27.7. The van der Waals surface area contributed by atoms with Crippen molar-refractivity contribution in [1.82, 2.24) is 4.31 Å². The van der Waals surface area contributed by atoms with E-state index in [-0.39, 0.29) is 6.04 Å². The van der Waals surface area contributed by atoms with Gasteiger partial charge in [0.05, 0.1) is 3.79 Å². The summed E-state index contributed by atoms with van der Waals surface area (Å²) in [6, 6.07) is 3.75. The Morgan fingerprint density at radius 1 is 1.38 bits per heavy atom. The second-order valence-electron chi connectivity index (χ2n) is 4.47. The first-order chi connectivity index (χ1) is 7.57. The molecule has 6 heteroatoms. The average Bonchev–Trinajstić information content (AvgIpc) is 2.91. The molecule has 1 aliphatic heterocycles. The molecule has 1 saturated heterocycles. The molecule has 2 aliphatic rings. The standard InChI is InChI=1S/C10H12BrNO2S2/c11-9-3-4-10(15-9)16(13,14)12-6-7-1-2-8(12)5-7/h3-4,7-8H,1-2,5-6H2. The number of hydrogen-bond acceptors (Lipinski definition) is 3. The number of piperidine rings is 1. The zero-order valence-electron chi connectivity index (χ0n) is 8.60. The fourth-order valence-electron chi connectivity index (χ4n) is 2.73. The van der Waals surface area contributed by atoms with Crippen LogP contribution in [0.2, 0.25) is 0 Å². The van der Waals surface area contributed by atoms with Crippen LogP contribution in [0.4, 0.5) is 0 Å². The average molecular weight is 322 g/mol. The highest BCUT2D eigenvalue weighted by molar-refractivity contribution is 9.11. The number of sulfonamides is 1. The van der Waals surface area contributed by atoms with Crippen molar-refractivity contribution in [2.75, 3.05) is 6.54 Å². The molecule has 16 heavy (non-hydrogen) atoms. The van der Waals surface area contributed by atoms with Gasteiger partial charge in [0.25, 0.3) is 10.0 Å². The molecular weight excluding hydrogens is 310 g/mol. The maximum atomic E-state index is 12.4. The van der Waals surface area contributed by atoms with Crippen LogP contribution in [0.5, 0.6) is 0 Å². The van der Waals surface area contributed by atoms with Gasteiger partial charge in [-0.05, 0) is 53.2 Å². The van der Waals surface area contributed by atoms with Crippen molar-refractivity contribution in [3.8, 4) is 0 Å². The van der Waals surface area contributed by atoms with Crippen molar-refractivity contribution in [3.63, 3.8) is 0 Å². The van der Waals surface area contributed by atoms with Crippen molar-refractivity contribution in [1.29, 1.82) is 0 Å². The fourth-order valence-corrected chi connectivity index (χ4v) is 6.61. The van der Waals surface area contributed by atoms with Gasteiger partial charge in [-0.25, -0.2) is 8.42 Å². The van der Waals surface area contributed by atoms with Crippen LogP contribution < -0.4 is 0 Å². The molecule has 3 rings (SSSR count). The molecule has 0 N–H and O–H groups in total. The molecule has 2 bridgehead atoms. The predicted molar refractivity (Wildman–Crippen MR) is 67.0 cm³/mol. The maximum absolute atomic E-state index is 12.4. The SMILES string of the molecule is O=S(=O)(c1ccc(Br)s1)N1CC2CCC1C2. The first-order valence-electron chi connectivity index (χ1n) is 5.34. The normalized spacial score (nSPS) is 30.1. The number of hydrogen-bond donors (Lipinski definition) is 0. The summed E-state index contributed by atoms with van der Waals surface area (Å²) in [5, 5.41) is 0. The molecule has 3 nitrogen and oxygen atoms in total. The highest BCUT2D eigenvalue weighted by Gasteiger charge is 2.44. The highest BCUT2D eigenvalue weighted by Crippen LogP contribution is 2.41. The van der Waals surface area contributed by atoms with Gasteiger partial charge in [0.1, 0.15) is 4.21 Å². The van der Waals surface area contributed by atoms with Gasteiger partial charge in [0, 0.05) is 12.6 Å². The third-order valence-electron chi connectivity index (χ3n) is 3.47. The number of fused-ring (bicyclic) bond motifs is 2. The van der Waals surface area contributed by atoms with Crippen molar-refractivity contribution in [2.45, 2.75) is 29.5 Å². The van der Waals surface area contributed by atoms with E-state index in [4.69, 9.17) is 0 Å². The van der Waals surface area contributed by atoms with Crippen LogP contribution in [0.15, 0.2) is 20.1 Å². The molecule has 1 aromatic rings. The fraction of sp³-hybridized carbons (Fsp3) is 0.600. The van der Waals surface area contributed by atoms with Gasteiger partial charge in [-0.15, -0.1) is 11.3 Å². The van der Waals surface area contributed by atoms with Gasteiger partial charge < -0.3 is 0 Å². The lowest BCUT2D eigenvalue weighted by Crippen LogP contribution is -2.37. The third-order valence-corrected chi connectivity index (χ3v) is 7.48. The third kappa shape index (κ3) is 1.66. The van der Waals surface area contributed by atoms with Crippen molar-refractivity contribution < 1.29 is 8.42 Å². The van der Waals surface area contributed by atoms with E-state index < -0.39 is 10.0 Å². The van der Waals surface area contributed by atoms with E-state index in [0.29, 0.717) is 10.1 Å². The highest BCUT2D eigenvalue weighted by atomic mass is 79.9. The van der Waals surface area contributed by atoms with E-state index in [1.165, 1.54) is 17.8 Å². The summed E-state index contributed by atoms with van der Waals surface area (Å²) in [6.07, 6.45) is 3.30. The topological polar surface area (TPSA) is 37.4 Å². The maximum Gasteiger partial charge on any atom is 0.252 e. The number of nitrogens with zero attached hydrogens (tertiary/aromatic N) is 1. The molecule has 0 radical (unpaired) electrons. The van der Waals surface area contributed by atoms with Gasteiger partial charge in [-0.1, -0.05) is 0 Å². The van der Waals surface area contributed by atoms with Crippen molar-refractivity contribution in [2.24, 2.45) is 5.92 Å². The van der Waals surface area contributed by atoms with E-state index in [9.17, 15) is 8.42 Å². The Morgan fingerprint density at radius 3 is 2.69 bits per heavy atom. The summed E-state index contributed by atoms with van der Waals surface area (Å²) in [5.41, 5.74) is 0. The first kappa shape index (κ1) is 11.2. The smallest absolute Gasteiger partial charge is 0.206 e. The molecule has 2 atom stereocenters. The predicted octanol–water partition coefficient (Wildman–Crippen LogP) is 2.68. The van der Waals surface area contributed by atoms with Gasteiger partial charge in [-0.3, -0.25) is 0 Å². The number of halogens is 1. The van der Waals surface area contributed by atoms with Gasteiger partial charge in [-0.2, -0.15) is 4.31 Å². The molecular formula is C10H12BrNO2S2. The zero-order valence-corrected chi connectivity index (χ0v) is 11.8. The Morgan fingerprint density at radius 2 is 2.19 bits per heavy atom. The van der Waals surface area contributed by atoms with Gasteiger partial charge >= 0.3 is 0 Å². The molecule has 0 amide bonds. The van der Waals surface area contributed by atoms with E-state index >= 15 is 0 Å². The van der Waals surface area contributed by atoms with Crippen LogP contribution in [0.1, 0.15) is 19.3 Å². The Bertz CT molecular complexity index is 511. The molecule has 2 fully saturated rings. The monoisotopic (exact) mass is 321 g/mol. The van der Waals surface area contributed by atoms with Crippen LogP contribution >= 0.6 is 27.3 Å². The Labute approximate surface area is 108 Å². The summed E-state index contributed by atoms with van der Waals surface area (Å²) >= 11 is 4.61. The minimum atomic E-state index is -3.23. The molecule has 88 valence electrons. The first-order valence-corrected chi connectivity index (χ1v) is 8.39. The lowest BCUT2D eigenvalue weighted by Gasteiger charge is -2.25. The number of thiophene rings is 1. The lowest BCUT2D eigenvalue weighted by atomic mass is 10.1. The second-order valence-corrected chi connectivity index (χ2v) is 9.05. The molecule has 0 aromatic carbocycles. The van der Waals surface area contributed by atoms with Gasteiger partial charge in [0.15, 0.2) is 0 Å². The van der Waals surface area contributed by atoms with E-state index in [1.807, 2.05) is 0 Å². The summed E-state index contributed by atoms with van der Waals surface area (Å²) in [7, 11) is -3.23. The molecule has 2 unspecified atom stereocenters. The summed E-state index contributed by atoms with van der Waals surface area (Å²) in [5.74, 6) is 0.600. The van der Waals surface area contributed by atoms with E-state index in [1.54, 1.807) is 16.4 Å². The minimum absolute atomic E-state index is 0.260. The van der Waals surface area contributed by atoms with Crippen molar-refractivity contribution in [3.05, 3.63) is 15.9 Å². The van der Waals surface area contributed by atoms with Crippen LogP contribution in [0, 0.1) is 5.92 Å². The second kappa shape index (κ2) is 3.80. The zero-order chi connectivity index (χ0) is 11.3. The molecule has 1 aliphatic carbocycles. The van der Waals surface area contributed by atoms with Crippen LogP contribution in [-0.2, 0) is 10.0 Å². The Balaban J connectivity index is 1.94. The lowest BCUT2D eigenvalue weighted by molar-refractivity contribution is 0.334. The molecule has 2 heterocycles. The van der Waals surface area contributed by atoms with Gasteiger partial charge in [0.2, 0.25) is 0 Å². The van der Waals surface area contributed by atoms with Crippen LogP contribution in [0.3, 0.4) is 0 Å². The largest absolute Gasteiger partial charge is 0.252 e. The van der Waals surface area contributed by atoms with Crippen LogP contribution in [-0.4, -0.2) is 25.3 Å². The minimum Gasteiger partial charge on any atom is -0.206 e. The van der Waals surface area contributed by atoms with Crippen LogP contribution in [0.25, 0.3) is 0 Å². The molecule has 1 aromatic heterocycles. The quantitative estimate of drug-likeness (QED) is 0.839. The molecule has 0 spiro atoms. The molecule has 1 saturated carbocycles. The summed E-state index contributed by atoms with van der Waals surface area (Å²) in [6.45, 7) is 0.725. The summed E-state index contributed by atoms with van der Waals surface area (Å²) in [4.78, 5) is 0.